The summed E-state index contributed by atoms with van der Waals surface area (Å²) >= 11 is 0. The molecule has 0 radical (unpaired) electrons. The highest BCUT2D eigenvalue weighted by molar-refractivity contribution is 6.00. The highest BCUT2D eigenvalue weighted by atomic mass is 16.5. The summed E-state index contributed by atoms with van der Waals surface area (Å²) in [5, 5.41) is 3.23. The lowest BCUT2D eigenvalue weighted by molar-refractivity contribution is -0.142. The van der Waals surface area contributed by atoms with Gasteiger partial charge in [-0.2, -0.15) is 0 Å². The summed E-state index contributed by atoms with van der Waals surface area (Å²) < 4.78 is 10.1. The number of anilines is 2. The summed E-state index contributed by atoms with van der Waals surface area (Å²) in [6.07, 6.45) is 3.65. The second kappa shape index (κ2) is 9.68. The molecule has 152 valence electrons. The molecule has 1 amide bonds. The van der Waals surface area contributed by atoms with Crippen LogP contribution in [0.3, 0.4) is 0 Å². The highest BCUT2D eigenvalue weighted by Crippen LogP contribution is 2.23. The van der Waals surface area contributed by atoms with Crippen LogP contribution in [-0.2, 0) is 19.1 Å². The summed E-state index contributed by atoms with van der Waals surface area (Å²) in [4.78, 5) is 42.1. The smallest absolute Gasteiger partial charge is 0.340 e. The summed E-state index contributed by atoms with van der Waals surface area (Å²) in [5.41, 5.74) is 0.759. The number of carbonyl (C=O) groups is 3. The second-order valence-electron chi connectivity index (χ2n) is 6.55. The van der Waals surface area contributed by atoms with Gasteiger partial charge in [0.25, 0.3) is 5.91 Å². The Morgan fingerprint density at radius 1 is 1.10 bits per heavy atom. The molecule has 0 unspecified atom stereocenters. The molecule has 1 aliphatic rings. The Labute approximate surface area is 168 Å². The third-order valence-corrected chi connectivity index (χ3v) is 4.22. The molecule has 8 heteroatoms. The van der Waals surface area contributed by atoms with Crippen molar-refractivity contribution in [3.05, 3.63) is 54.2 Å². The number of benzene rings is 1. The first-order chi connectivity index (χ1) is 14.1. The molecule has 0 bridgehead atoms. The average Bonchev–Trinajstić information content (AvgIpc) is 3.55. The molecule has 0 aliphatic heterocycles. The van der Waals surface area contributed by atoms with Gasteiger partial charge in [0.2, 0.25) is 0 Å². The minimum Gasteiger partial charge on any atom is -0.465 e. The van der Waals surface area contributed by atoms with Crippen molar-refractivity contribution in [2.45, 2.75) is 25.8 Å². The third kappa shape index (κ3) is 6.03. The van der Waals surface area contributed by atoms with E-state index in [-0.39, 0.29) is 18.7 Å². The molecule has 1 aromatic heterocycles. The number of hydrogen-bond donors (Lipinski definition) is 1. The van der Waals surface area contributed by atoms with E-state index in [4.69, 9.17) is 9.47 Å². The molecule has 0 atom stereocenters. The molecular weight excluding hydrogens is 374 g/mol. The number of hydrogen-bond acceptors (Lipinski definition) is 7. The van der Waals surface area contributed by atoms with Gasteiger partial charge in [-0.3, -0.25) is 14.5 Å². The number of carbonyl (C=O) groups excluding carboxylic acids is 3. The highest BCUT2D eigenvalue weighted by Gasteiger charge is 2.23. The SMILES string of the molecule is CCOC(=O)CN(C(=O)COC(=O)c1ccc(NC2CC2)nc1)c1ccccc1. The molecule has 3 rings (SSSR count). The van der Waals surface area contributed by atoms with E-state index < -0.39 is 24.5 Å². The van der Waals surface area contributed by atoms with Crippen molar-refractivity contribution >= 4 is 29.4 Å². The number of esters is 2. The maximum Gasteiger partial charge on any atom is 0.340 e. The third-order valence-electron chi connectivity index (χ3n) is 4.22. The Morgan fingerprint density at radius 3 is 2.48 bits per heavy atom. The van der Waals surface area contributed by atoms with Gasteiger partial charge in [-0.1, -0.05) is 18.2 Å². The molecule has 1 aromatic carbocycles. The van der Waals surface area contributed by atoms with Gasteiger partial charge in [-0.25, -0.2) is 9.78 Å². The van der Waals surface area contributed by atoms with Crippen LogP contribution in [0.1, 0.15) is 30.1 Å². The van der Waals surface area contributed by atoms with Gasteiger partial charge in [0.1, 0.15) is 12.4 Å². The van der Waals surface area contributed by atoms with E-state index in [9.17, 15) is 14.4 Å². The first-order valence-electron chi connectivity index (χ1n) is 9.47. The zero-order valence-electron chi connectivity index (χ0n) is 16.2. The quantitative estimate of drug-likeness (QED) is 0.649. The van der Waals surface area contributed by atoms with E-state index >= 15 is 0 Å². The lowest BCUT2D eigenvalue weighted by atomic mass is 10.2. The summed E-state index contributed by atoms with van der Waals surface area (Å²) in [6.45, 7) is 1.13. The zero-order valence-corrected chi connectivity index (χ0v) is 16.2. The number of para-hydroxylation sites is 1. The Morgan fingerprint density at radius 2 is 1.86 bits per heavy atom. The maximum absolute atomic E-state index is 12.6. The van der Waals surface area contributed by atoms with Crippen LogP contribution in [0.25, 0.3) is 0 Å². The van der Waals surface area contributed by atoms with Crippen molar-refractivity contribution in [1.29, 1.82) is 0 Å². The molecule has 0 saturated heterocycles. The van der Waals surface area contributed by atoms with Crippen molar-refractivity contribution in [2.24, 2.45) is 0 Å². The zero-order chi connectivity index (χ0) is 20.6. The van der Waals surface area contributed by atoms with Crippen LogP contribution in [0.2, 0.25) is 0 Å². The van der Waals surface area contributed by atoms with Gasteiger partial charge < -0.3 is 14.8 Å². The normalized spacial score (nSPS) is 12.7. The van der Waals surface area contributed by atoms with Gasteiger partial charge in [-0.05, 0) is 44.0 Å². The molecule has 8 nitrogen and oxygen atoms in total. The number of pyridine rings is 1. The van der Waals surface area contributed by atoms with E-state index in [0.717, 1.165) is 12.8 Å². The van der Waals surface area contributed by atoms with Crippen LogP contribution in [0, 0.1) is 0 Å². The first kappa shape index (κ1) is 20.3. The largest absolute Gasteiger partial charge is 0.465 e. The fraction of sp³-hybridized carbons (Fsp3) is 0.333. The second-order valence-corrected chi connectivity index (χ2v) is 6.55. The number of rotatable bonds is 9. The Hall–Kier alpha value is -3.42. The van der Waals surface area contributed by atoms with E-state index in [1.165, 1.54) is 11.1 Å². The van der Waals surface area contributed by atoms with Crippen molar-refractivity contribution in [1.82, 2.24) is 4.98 Å². The van der Waals surface area contributed by atoms with E-state index in [0.29, 0.717) is 17.5 Å². The van der Waals surface area contributed by atoms with Crippen LogP contribution in [0.15, 0.2) is 48.7 Å². The molecule has 1 N–H and O–H groups in total. The van der Waals surface area contributed by atoms with Crippen molar-refractivity contribution < 1.29 is 23.9 Å². The summed E-state index contributed by atoms with van der Waals surface area (Å²) in [6, 6.07) is 12.4. The van der Waals surface area contributed by atoms with E-state index in [1.54, 1.807) is 49.4 Å². The van der Waals surface area contributed by atoms with Crippen LogP contribution < -0.4 is 10.2 Å². The van der Waals surface area contributed by atoms with Gasteiger partial charge in [0.15, 0.2) is 6.61 Å². The fourth-order valence-electron chi connectivity index (χ4n) is 2.59. The molecule has 1 aliphatic carbocycles. The van der Waals surface area contributed by atoms with Gasteiger partial charge >= 0.3 is 11.9 Å². The predicted molar refractivity (Wildman–Crippen MR) is 107 cm³/mol. The molecule has 1 heterocycles. The standard InChI is InChI=1S/C21H23N3O5/c1-2-28-20(26)13-24(17-6-4-3-5-7-17)19(25)14-29-21(27)15-8-11-18(22-12-15)23-16-9-10-16/h3-8,11-12,16H,2,9-10,13-14H2,1H3,(H,22,23). The van der Waals surface area contributed by atoms with Gasteiger partial charge in [0.05, 0.1) is 12.2 Å². The number of aromatic nitrogens is 1. The summed E-state index contributed by atoms with van der Waals surface area (Å²) in [7, 11) is 0. The molecule has 1 fully saturated rings. The predicted octanol–water partition coefficient (Wildman–Crippen LogP) is 2.41. The topological polar surface area (TPSA) is 97.8 Å². The van der Waals surface area contributed by atoms with Crippen molar-refractivity contribution in [3.63, 3.8) is 0 Å². The number of amides is 1. The lowest BCUT2D eigenvalue weighted by Gasteiger charge is -2.21. The van der Waals surface area contributed by atoms with Crippen LogP contribution in [-0.4, -0.2) is 48.6 Å². The van der Waals surface area contributed by atoms with E-state index in [2.05, 4.69) is 10.3 Å². The first-order valence-corrected chi connectivity index (χ1v) is 9.47. The monoisotopic (exact) mass is 397 g/mol. The van der Waals surface area contributed by atoms with Gasteiger partial charge in [-0.15, -0.1) is 0 Å². The lowest BCUT2D eigenvalue weighted by Crippen LogP contribution is -2.39. The van der Waals surface area contributed by atoms with Crippen LogP contribution >= 0.6 is 0 Å². The molecular formula is C21H23N3O5. The van der Waals surface area contributed by atoms with Gasteiger partial charge in [0, 0.05) is 17.9 Å². The van der Waals surface area contributed by atoms with Crippen molar-refractivity contribution in [2.75, 3.05) is 30.0 Å². The number of ether oxygens (including phenoxy) is 2. The number of nitrogens with one attached hydrogen (secondary N) is 1. The van der Waals surface area contributed by atoms with Crippen LogP contribution in [0.5, 0.6) is 0 Å². The Kier molecular flexibility index (Phi) is 6.78. The van der Waals surface area contributed by atoms with E-state index in [1.807, 2.05) is 0 Å². The molecule has 2 aromatic rings. The summed E-state index contributed by atoms with van der Waals surface area (Å²) in [5.74, 6) is -1.03. The molecule has 0 spiro atoms. The Bertz CT molecular complexity index is 850. The average molecular weight is 397 g/mol. The number of nitrogens with zero attached hydrogens (tertiary/aromatic N) is 2. The maximum atomic E-state index is 12.6. The van der Waals surface area contributed by atoms with Crippen molar-refractivity contribution in [3.8, 4) is 0 Å². The Balaban J connectivity index is 1.59. The molecule has 29 heavy (non-hydrogen) atoms. The fourth-order valence-corrected chi connectivity index (χ4v) is 2.59. The molecule has 1 saturated carbocycles. The minimum absolute atomic E-state index is 0.212. The van der Waals surface area contributed by atoms with Crippen LogP contribution in [0.4, 0.5) is 11.5 Å². The minimum atomic E-state index is -0.659.